The fraction of sp³-hybridized carbons (Fsp3) is 0.0769. The zero-order valence-corrected chi connectivity index (χ0v) is 10.8. The number of hydrogen-bond donors (Lipinski definition) is 2. The van der Waals surface area contributed by atoms with Crippen LogP contribution in [0, 0.1) is 11.6 Å². The summed E-state index contributed by atoms with van der Waals surface area (Å²) in [4.78, 5) is 0. The number of rotatable bonds is 3. The fourth-order valence-corrected chi connectivity index (χ4v) is 1.71. The second-order valence-electron chi connectivity index (χ2n) is 3.82. The van der Waals surface area contributed by atoms with Gasteiger partial charge < -0.3 is 15.8 Å². The molecular weight excluding hydrogens is 274 g/mol. The van der Waals surface area contributed by atoms with Crippen LogP contribution < -0.4 is 15.8 Å². The fourth-order valence-electron chi connectivity index (χ4n) is 1.54. The van der Waals surface area contributed by atoms with Gasteiger partial charge in [0.15, 0.2) is 0 Å². The zero-order chi connectivity index (χ0) is 14.0. The molecule has 6 heteroatoms. The number of anilines is 3. The van der Waals surface area contributed by atoms with Gasteiger partial charge in [-0.05, 0) is 18.2 Å². The van der Waals surface area contributed by atoms with Crippen molar-refractivity contribution in [2.24, 2.45) is 0 Å². The molecule has 3 nitrogen and oxygen atoms in total. The van der Waals surface area contributed by atoms with E-state index in [-0.39, 0.29) is 22.1 Å². The van der Waals surface area contributed by atoms with E-state index in [2.05, 4.69) is 5.32 Å². The molecule has 0 amide bonds. The van der Waals surface area contributed by atoms with Crippen molar-refractivity contribution in [3.05, 3.63) is 47.0 Å². The van der Waals surface area contributed by atoms with Crippen molar-refractivity contribution < 1.29 is 13.5 Å². The van der Waals surface area contributed by atoms with Gasteiger partial charge in [0.05, 0.1) is 29.2 Å². The maximum absolute atomic E-state index is 13.6. The van der Waals surface area contributed by atoms with E-state index >= 15 is 0 Å². The first-order valence-corrected chi connectivity index (χ1v) is 5.74. The predicted octanol–water partition coefficient (Wildman–Crippen LogP) is 3.95. The first kappa shape index (κ1) is 13.4. The Bertz CT molecular complexity index is 620. The summed E-state index contributed by atoms with van der Waals surface area (Å²) in [7, 11) is 1.47. The molecule has 19 heavy (non-hydrogen) atoms. The Balaban J connectivity index is 2.38. The van der Waals surface area contributed by atoms with Gasteiger partial charge in [-0.15, -0.1) is 0 Å². The maximum atomic E-state index is 13.6. The molecule has 3 N–H and O–H groups in total. The molecule has 100 valence electrons. The number of nitrogens with one attached hydrogen (secondary N) is 1. The molecular formula is C13H11ClF2N2O. The van der Waals surface area contributed by atoms with Gasteiger partial charge in [0.2, 0.25) is 0 Å². The molecule has 0 fully saturated rings. The topological polar surface area (TPSA) is 47.3 Å². The number of ether oxygens (including phenoxy) is 1. The van der Waals surface area contributed by atoms with Crippen LogP contribution in [0.15, 0.2) is 30.3 Å². The minimum absolute atomic E-state index is 0.0887. The molecule has 0 saturated carbocycles. The number of halogens is 3. The van der Waals surface area contributed by atoms with E-state index in [9.17, 15) is 8.78 Å². The van der Waals surface area contributed by atoms with Crippen LogP contribution in [0.3, 0.4) is 0 Å². The lowest BCUT2D eigenvalue weighted by molar-refractivity contribution is 0.414. The lowest BCUT2D eigenvalue weighted by Gasteiger charge is -2.12. The van der Waals surface area contributed by atoms with Crippen molar-refractivity contribution in [3.8, 4) is 5.75 Å². The van der Waals surface area contributed by atoms with Gasteiger partial charge in [-0.25, -0.2) is 8.78 Å². The van der Waals surface area contributed by atoms with Crippen LogP contribution in [0.4, 0.5) is 25.8 Å². The first-order valence-electron chi connectivity index (χ1n) is 5.36. The van der Waals surface area contributed by atoms with E-state index < -0.39 is 11.6 Å². The molecule has 0 saturated heterocycles. The highest BCUT2D eigenvalue weighted by molar-refractivity contribution is 6.31. The van der Waals surface area contributed by atoms with Crippen LogP contribution in [0.5, 0.6) is 5.75 Å². The van der Waals surface area contributed by atoms with Gasteiger partial charge in [0, 0.05) is 12.1 Å². The van der Waals surface area contributed by atoms with Crippen molar-refractivity contribution in [1.82, 2.24) is 0 Å². The Morgan fingerprint density at radius 2 is 1.84 bits per heavy atom. The smallest absolute Gasteiger partial charge is 0.146 e. The van der Waals surface area contributed by atoms with E-state index in [1.54, 1.807) is 0 Å². The summed E-state index contributed by atoms with van der Waals surface area (Å²) in [6.07, 6.45) is 0. The van der Waals surface area contributed by atoms with Crippen LogP contribution >= 0.6 is 11.6 Å². The third-order valence-corrected chi connectivity index (χ3v) is 2.82. The minimum Gasteiger partial charge on any atom is -0.497 e. The number of methoxy groups -OCH3 is 1. The molecule has 2 rings (SSSR count). The molecule has 2 aromatic rings. The molecule has 0 radical (unpaired) electrons. The van der Waals surface area contributed by atoms with Crippen LogP contribution in [-0.4, -0.2) is 7.11 Å². The largest absolute Gasteiger partial charge is 0.497 e. The summed E-state index contributed by atoms with van der Waals surface area (Å²) in [5.41, 5.74) is 6.27. The third kappa shape index (κ3) is 2.88. The van der Waals surface area contributed by atoms with Crippen molar-refractivity contribution in [1.29, 1.82) is 0 Å². The number of benzene rings is 2. The molecule has 0 aliphatic carbocycles. The van der Waals surface area contributed by atoms with Crippen LogP contribution in [0.2, 0.25) is 5.02 Å². The predicted molar refractivity (Wildman–Crippen MR) is 72.1 cm³/mol. The summed E-state index contributed by atoms with van der Waals surface area (Å²) in [5, 5.41) is 2.62. The Kier molecular flexibility index (Phi) is 3.76. The van der Waals surface area contributed by atoms with Gasteiger partial charge in [-0.1, -0.05) is 11.6 Å². The van der Waals surface area contributed by atoms with Crippen LogP contribution in [0.1, 0.15) is 0 Å². The zero-order valence-electron chi connectivity index (χ0n) is 10.0. The monoisotopic (exact) mass is 284 g/mol. The molecule has 0 aromatic heterocycles. The summed E-state index contributed by atoms with van der Waals surface area (Å²) < 4.78 is 32.0. The summed E-state index contributed by atoms with van der Waals surface area (Å²) in [6.45, 7) is 0. The summed E-state index contributed by atoms with van der Waals surface area (Å²) in [6, 6.07) is 6.53. The second kappa shape index (κ2) is 5.32. The number of hydrogen-bond acceptors (Lipinski definition) is 3. The van der Waals surface area contributed by atoms with E-state index in [4.69, 9.17) is 22.1 Å². The summed E-state index contributed by atoms with van der Waals surface area (Å²) >= 11 is 5.59. The van der Waals surface area contributed by atoms with E-state index in [0.717, 1.165) is 6.07 Å². The molecule has 0 aliphatic heterocycles. The Hall–Kier alpha value is -2.01. The van der Waals surface area contributed by atoms with Gasteiger partial charge >= 0.3 is 0 Å². The van der Waals surface area contributed by atoms with Gasteiger partial charge in [-0.2, -0.15) is 0 Å². The normalized spacial score (nSPS) is 10.3. The molecule has 0 spiro atoms. The molecule has 0 unspecified atom stereocenters. The van der Waals surface area contributed by atoms with E-state index in [1.165, 1.54) is 31.4 Å². The molecule has 2 aromatic carbocycles. The SMILES string of the molecule is COc1ccc(F)c(Nc2cc(F)c(Cl)cc2N)c1. The van der Waals surface area contributed by atoms with E-state index in [0.29, 0.717) is 5.75 Å². The number of nitrogen functional groups attached to an aromatic ring is 1. The van der Waals surface area contributed by atoms with Crippen molar-refractivity contribution in [2.75, 3.05) is 18.2 Å². The van der Waals surface area contributed by atoms with Crippen molar-refractivity contribution >= 4 is 28.7 Å². The Morgan fingerprint density at radius 1 is 1.11 bits per heavy atom. The van der Waals surface area contributed by atoms with Crippen LogP contribution in [0.25, 0.3) is 0 Å². The highest BCUT2D eigenvalue weighted by Gasteiger charge is 2.09. The lowest BCUT2D eigenvalue weighted by Crippen LogP contribution is -2.00. The molecule has 0 heterocycles. The van der Waals surface area contributed by atoms with Gasteiger partial charge in [0.25, 0.3) is 0 Å². The first-order chi connectivity index (χ1) is 9.01. The molecule has 0 atom stereocenters. The van der Waals surface area contributed by atoms with Gasteiger partial charge in [0.1, 0.15) is 17.4 Å². The van der Waals surface area contributed by atoms with E-state index in [1.807, 2.05) is 0 Å². The Morgan fingerprint density at radius 3 is 2.53 bits per heavy atom. The standard InChI is InChI=1S/C13H11ClF2N2O/c1-19-7-2-3-9(15)12(4-7)18-13-6-10(16)8(14)5-11(13)17/h2-6,18H,17H2,1H3. The minimum atomic E-state index is -0.637. The second-order valence-corrected chi connectivity index (χ2v) is 4.23. The lowest BCUT2D eigenvalue weighted by atomic mass is 10.2. The molecule has 0 bridgehead atoms. The maximum Gasteiger partial charge on any atom is 0.146 e. The molecule has 0 aliphatic rings. The third-order valence-electron chi connectivity index (χ3n) is 2.54. The number of nitrogens with two attached hydrogens (primary N) is 1. The Labute approximate surface area is 113 Å². The highest BCUT2D eigenvalue weighted by atomic mass is 35.5. The van der Waals surface area contributed by atoms with Crippen LogP contribution in [-0.2, 0) is 0 Å². The van der Waals surface area contributed by atoms with Crippen molar-refractivity contribution in [3.63, 3.8) is 0 Å². The highest BCUT2D eigenvalue weighted by Crippen LogP contribution is 2.31. The quantitative estimate of drug-likeness (QED) is 0.839. The van der Waals surface area contributed by atoms with Gasteiger partial charge in [-0.3, -0.25) is 0 Å². The summed E-state index contributed by atoms with van der Waals surface area (Å²) in [5.74, 6) is -0.672. The average Bonchev–Trinajstić information content (AvgIpc) is 2.38. The van der Waals surface area contributed by atoms with Crippen molar-refractivity contribution in [2.45, 2.75) is 0 Å². The average molecular weight is 285 g/mol.